The zero-order chi connectivity index (χ0) is 13.9. The van der Waals surface area contributed by atoms with Gasteiger partial charge in [-0.05, 0) is 36.7 Å². The van der Waals surface area contributed by atoms with Gasteiger partial charge in [-0.15, -0.1) is 0 Å². The lowest BCUT2D eigenvalue weighted by atomic mass is 9.83. The van der Waals surface area contributed by atoms with Crippen LogP contribution in [0.1, 0.15) is 45.6 Å². The maximum Gasteiger partial charge on any atom is 0.0637 e. The summed E-state index contributed by atoms with van der Waals surface area (Å²) >= 11 is 3.81. The monoisotopic (exact) mass is 324 g/mol. The predicted molar refractivity (Wildman–Crippen MR) is 84.8 cm³/mol. The molecule has 0 spiro atoms. The number of rotatable bonds is 3. The molecule has 1 heterocycles. The first kappa shape index (κ1) is 15.1. The van der Waals surface area contributed by atoms with E-state index in [4.69, 9.17) is 4.74 Å². The van der Waals surface area contributed by atoms with E-state index in [1.165, 1.54) is 5.56 Å². The van der Waals surface area contributed by atoms with Gasteiger partial charge in [-0.25, -0.2) is 0 Å². The average Bonchev–Trinajstić information content (AvgIpc) is 2.36. The number of halogens is 1. The first-order valence-corrected chi connectivity index (χ1v) is 8.20. The lowest BCUT2D eigenvalue weighted by Gasteiger charge is -2.40. The predicted octanol–water partition coefficient (Wildman–Crippen LogP) is 4.98. The van der Waals surface area contributed by atoms with Gasteiger partial charge in [0.25, 0.3) is 0 Å². The van der Waals surface area contributed by atoms with Crippen molar-refractivity contribution in [1.82, 2.24) is 0 Å². The Morgan fingerprint density at radius 3 is 2.47 bits per heavy atom. The van der Waals surface area contributed by atoms with Crippen LogP contribution in [0.4, 0.5) is 0 Å². The van der Waals surface area contributed by atoms with Crippen molar-refractivity contribution in [2.24, 2.45) is 5.41 Å². The largest absolute Gasteiger partial charge is 0.374 e. The number of hydrogen-bond donors (Lipinski definition) is 0. The van der Waals surface area contributed by atoms with Crippen LogP contribution in [0, 0.1) is 5.41 Å². The normalized spacial score (nSPS) is 28.3. The van der Waals surface area contributed by atoms with E-state index >= 15 is 0 Å². The summed E-state index contributed by atoms with van der Waals surface area (Å²) in [4.78, 5) is 0.603. The van der Waals surface area contributed by atoms with Gasteiger partial charge >= 0.3 is 0 Å². The smallest absolute Gasteiger partial charge is 0.0637 e. The van der Waals surface area contributed by atoms with Gasteiger partial charge in [-0.1, -0.05) is 67.0 Å². The van der Waals surface area contributed by atoms with Crippen molar-refractivity contribution in [3.05, 3.63) is 35.9 Å². The molecule has 2 heteroatoms. The van der Waals surface area contributed by atoms with Gasteiger partial charge in [0.2, 0.25) is 0 Å². The van der Waals surface area contributed by atoms with Crippen molar-refractivity contribution in [1.29, 1.82) is 0 Å². The molecule has 1 aromatic rings. The van der Waals surface area contributed by atoms with E-state index in [9.17, 15) is 0 Å². The first-order chi connectivity index (χ1) is 8.95. The SMILES string of the molecule is CC(C)(C)[C@@H]1C[C@@H](Br)C[C@H](CCc2ccccc2)O1. The quantitative estimate of drug-likeness (QED) is 0.713. The summed E-state index contributed by atoms with van der Waals surface area (Å²) in [6.45, 7) is 6.82. The molecule has 1 saturated heterocycles. The van der Waals surface area contributed by atoms with Crippen molar-refractivity contribution >= 4 is 15.9 Å². The highest BCUT2D eigenvalue weighted by molar-refractivity contribution is 9.09. The minimum Gasteiger partial charge on any atom is -0.374 e. The van der Waals surface area contributed by atoms with Crippen molar-refractivity contribution in [3.63, 3.8) is 0 Å². The number of ether oxygens (including phenoxy) is 1. The summed E-state index contributed by atoms with van der Waals surface area (Å²) in [7, 11) is 0. The molecule has 0 saturated carbocycles. The van der Waals surface area contributed by atoms with Crippen LogP contribution in [0.5, 0.6) is 0 Å². The minimum absolute atomic E-state index is 0.234. The fourth-order valence-corrected chi connectivity index (χ4v) is 3.43. The second kappa shape index (κ2) is 6.41. The van der Waals surface area contributed by atoms with Gasteiger partial charge in [-0.2, -0.15) is 0 Å². The number of hydrogen-bond acceptors (Lipinski definition) is 1. The topological polar surface area (TPSA) is 9.23 Å². The van der Waals surface area contributed by atoms with Gasteiger partial charge in [-0.3, -0.25) is 0 Å². The van der Waals surface area contributed by atoms with Crippen molar-refractivity contribution < 1.29 is 4.74 Å². The number of alkyl halides is 1. The first-order valence-electron chi connectivity index (χ1n) is 7.28. The molecule has 0 amide bonds. The van der Waals surface area contributed by atoms with Crippen LogP contribution in [-0.4, -0.2) is 17.0 Å². The van der Waals surface area contributed by atoms with E-state index in [1.807, 2.05) is 0 Å². The molecule has 0 radical (unpaired) electrons. The van der Waals surface area contributed by atoms with Crippen LogP contribution in [0.15, 0.2) is 30.3 Å². The molecule has 0 aliphatic carbocycles. The number of benzene rings is 1. The fraction of sp³-hybridized carbons (Fsp3) is 0.647. The summed E-state index contributed by atoms with van der Waals surface area (Å²) in [5.41, 5.74) is 1.65. The van der Waals surface area contributed by atoms with Crippen LogP contribution >= 0.6 is 15.9 Å². The van der Waals surface area contributed by atoms with E-state index in [2.05, 4.69) is 67.0 Å². The Morgan fingerprint density at radius 2 is 1.84 bits per heavy atom. The lowest BCUT2D eigenvalue weighted by molar-refractivity contribution is -0.0973. The lowest BCUT2D eigenvalue weighted by Crippen LogP contribution is -2.41. The van der Waals surface area contributed by atoms with Crippen LogP contribution in [0.2, 0.25) is 0 Å². The Hall–Kier alpha value is -0.340. The molecule has 1 fully saturated rings. The highest BCUT2D eigenvalue weighted by atomic mass is 79.9. The highest BCUT2D eigenvalue weighted by Crippen LogP contribution is 2.36. The van der Waals surface area contributed by atoms with E-state index < -0.39 is 0 Å². The molecule has 2 rings (SSSR count). The Balaban J connectivity index is 1.89. The summed E-state index contributed by atoms with van der Waals surface area (Å²) in [5, 5.41) is 0. The molecular weight excluding hydrogens is 300 g/mol. The third-order valence-corrected chi connectivity index (χ3v) is 4.66. The van der Waals surface area contributed by atoms with Gasteiger partial charge in [0.15, 0.2) is 0 Å². The molecule has 0 N–H and O–H groups in total. The summed E-state index contributed by atoms with van der Waals surface area (Å²) in [6, 6.07) is 10.7. The van der Waals surface area contributed by atoms with Crippen LogP contribution in [0.3, 0.4) is 0 Å². The molecule has 0 bridgehead atoms. The molecule has 1 nitrogen and oxygen atoms in total. The fourth-order valence-electron chi connectivity index (χ4n) is 2.67. The molecule has 106 valence electrons. The molecule has 0 unspecified atom stereocenters. The van der Waals surface area contributed by atoms with E-state index in [-0.39, 0.29) is 5.41 Å². The Labute approximate surface area is 125 Å². The van der Waals surface area contributed by atoms with Crippen LogP contribution in [-0.2, 0) is 11.2 Å². The van der Waals surface area contributed by atoms with Crippen molar-refractivity contribution in [2.45, 2.75) is 63.5 Å². The molecule has 1 aromatic carbocycles. The van der Waals surface area contributed by atoms with Crippen LogP contribution < -0.4 is 0 Å². The molecule has 1 aliphatic heterocycles. The van der Waals surface area contributed by atoms with Gasteiger partial charge < -0.3 is 4.74 Å². The Kier molecular flexibility index (Phi) is 5.08. The number of aryl methyl sites for hydroxylation is 1. The maximum atomic E-state index is 6.31. The van der Waals surface area contributed by atoms with E-state index in [1.54, 1.807) is 0 Å². The maximum absolute atomic E-state index is 6.31. The summed E-state index contributed by atoms with van der Waals surface area (Å²) < 4.78 is 6.31. The third-order valence-electron chi connectivity index (χ3n) is 3.91. The van der Waals surface area contributed by atoms with E-state index in [0.717, 1.165) is 25.7 Å². The third kappa shape index (κ3) is 4.61. The second-order valence-electron chi connectivity index (χ2n) is 6.71. The molecule has 3 atom stereocenters. The van der Waals surface area contributed by atoms with Crippen molar-refractivity contribution in [2.75, 3.05) is 0 Å². The molecule has 0 aromatic heterocycles. The summed E-state index contributed by atoms with van der Waals surface area (Å²) in [5.74, 6) is 0. The van der Waals surface area contributed by atoms with Gasteiger partial charge in [0, 0.05) is 4.83 Å². The standard InChI is InChI=1S/C17H25BrO/c1-17(2,3)16-12-14(18)11-15(19-16)10-9-13-7-5-4-6-8-13/h4-8,14-16H,9-12H2,1-3H3/t14-,15-,16-/m0/s1. The van der Waals surface area contributed by atoms with Gasteiger partial charge in [0.05, 0.1) is 12.2 Å². The van der Waals surface area contributed by atoms with Crippen molar-refractivity contribution in [3.8, 4) is 0 Å². The Bertz CT molecular complexity index is 382. The summed E-state index contributed by atoms with van der Waals surface area (Å²) in [6.07, 6.45) is 5.26. The van der Waals surface area contributed by atoms with Crippen LogP contribution in [0.25, 0.3) is 0 Å². The molecule has 1 aliphatic rings. The molecule has 19 heavy (non-hydrogen) atoms. The highest BCUT2D eigenvalue weighted by Gasteiger charge is 2.34. The average molecular weight is 325 g/mol. The van der Waals surface area contributed by atoms with Gasteiger partial charge in [0.1, 0.15) is 0 Å². The Morgan fingerprint density at radius 1 is 1.16 bits per heavy atom. The second-order valence-corrected chi connectivity index (χ2v) is 8.00. The van der Waals surface area contributed by atoms with E-state index in [0.29, 0.717) is 17.0 Å². The zero-order valence-electron chi connectivity index (χ0n) is 12.2. The minimum atomic E-state index is 0.234. The zero-order valence-corrected chi connectivity index (χ0v) is 13.8. The molecular formula is C17H25BrO.